The van der Waals surface area contributed by atoms with Gasteiger partial charge in [-0.05, 0) is 43.7 Å². The molecular formula is C21H25ClN2O4. The van der Waals surface area contributed by atoms with Crippen molar-refractivity contribution >= 4 is 34.8 Å². The van der Waals surface area contributed by atoms with Gasteiger partial charge in [0.15, 0.2) is 0 Å². The number of rotatable bonds is 10. The Labute approximate surface area is 170 Å². The lowest BCUT2D eigenvalue weighted by Crippen LogP contribution is -2.16. The molecule has 0 fully saturated rings. The Morgan fingerprint density at radius 1 is 1.04 bits per heavy atom. The largest absolute Gasteiger partial charge is 0.490 e. The first kappa shape index (κ1) is 21.7. The van der Waals surface area contributed by atoms with Crippen LogP contribution in [0.1, 0.15) is 37.0 Å². The second kappa shape index (κ2) is 11.3. The van der Waals surface area contributed by atoms with Gasteiger partial charge in [0.05, 0.1) is 22.9 Å². The fourth-order valence-corrected chi connectivity index (χ4v) is 2.64. The molecule has 150 valence electrons. The Kier molecular flexibility index (Phi) is 8.78. The van der Waals surface area contributed by atoms with Gasteiger partial charge in [-0.15, -0.1) is 0 Å². The summed E-state index contributed by atoms with van der Waals surface area (Å²) < 4.78 is 10.9. The van der Waals surface area contributed by atoms with E-state index >= 15 is 0 Å². The van der Waals surface area contributed by atoms with Crippen molar-refractivity contribution in [2.75, 3.05) is 30.5 Å². The van der Waals surface area contributed by atoms with Crippen molar-refractivity contribution in [1.29, 1.82) is 0 Å². The second-order valence-corrected chi connectivity index (χ2v) is 6.40. The number of hydrogen-bond acceptors (Lipinski definition) is 4. The van der Waals surface area contributed by atoms with E-state index in [-0.39, 0.29) is 11.8 Å². The number of ether oxygens (including phenoxy) is 2. The van der Waals surface area contributed by atoms with E-state index in [4.69, 9.17) is 21.1 Å². The molecule has 0 radical (unpaired) electrons. The summed E-state index contributed by atoms with van der Waals surface area (Å²) >= 11 is 6.21. The zero-order valence-electron chi connectivity index (χ0n) is 16.1. The molecule has 2 N–H and O–H groups in total. The molecule has 0 aromatic heterocycles. The first-order chi connectivity index (χ1) is 13.5. The fourth-order valence-electron chi connectivity index (χ4n) is 2.47. The van der Waals surface area contributed by atoms with Crippen LogP contribution in [-0.4, -0.2) is 31.6 Å². The standard InChI is InChI=1S/C21H25ClN2O4/c1-3-7-20(25)23-15-10-11-17(22)18(14-15)24-21(26)16-8-5-6-9-19(16)28-13-12-27-4-2/h5-6,8-11,14H,3-4,7,12-13H2,1-2H3,(H,23,25)(H,24,26). The van der Waals surface area contributed by atoms with Crippen LogP contribution < -0.4 is 15.4 Å². The summed E-state index contributed by atoms with van der Waals surface area (Å²) in [5.41, 5.74) is 1.36. The van der Waals surface area contributed by atoms with Crippen LogP contribution in [-0.2, 0) is 9.53 Å². The smallest absolute Gasteiger partial charge is 0.259 e. The highest BCUT2D eigenvalue weighted by Crippen LogP contribution is 2.27. The molecular weight excluding hydrogens is 380 g/mol. The van der Waals surface area contributed by atoms with Gasteiger partial charge in [-0.1, -0.05) is 30.7 Å². The van der Waals surface area contributed by atoms with E-state index in [0.717, 1.165) is 6.42 Å². The van der Waals surface area contributed by atoms with Gasteiger partial charge in [0.2, 0.25) is 5.91 Å². The number of amides is 2. The quantitative estimate of drug-likeness (QED) is 0.560. The van der Waals surface area contributed by atoms with Crippen LogP contribution in [0.15, 0.2) is 42.5 Å². The van der Waals surface area contributed by atoms with Crippen LogP contribution >= 0.6 is 11.6 Å². The molecule has 7 heteroatoms. The van der Waals surface area contributed by atoms with E-state index in [1.165, 1.54) is 0 Å². The molecule has 0 unspecified atom stereocenters. The van der Waals surface area contributed by atoms with Crippen molar-refractivity contribution in [1.82, 2.24) is 0 Å². The first-order valence-electron chi connectivity index (χ1n) is 9.25. The van der Waals surface area contributed by atoms with Crippen LogP contribution in [0.25, 0.3) is 0 Å². The Hall–Kier alpha value is -2.57. The van der Waals surface area contributed by atoms with Gasteiger partial charge in [-0.25, -0.2) is 0 Å². The normalized spacial score (nSPS) is 10.4. The van der Waals surface area contributed by atoms with Gasteiger partial charge in [-0.2, -0.15) is 0 Å². The topological polar surface area (TPSA) is 76.7 Å². The van der Waals surface area contributed by atoms with Gasteiger partial charge < -0.3 is 20.1 Å². The minimum Gasteiger partial charge on any atom is -0.490 e. The number of carbonyl (C=O) groups is 2. The third kappa shape index (κ3) is 6.55. The highest BCUT2D eigenvalue weighted by molar-refractivity contribution is 6.34. The van der Waals surface area contributed by atoms with E-state index in [1.807, 2.05) is 13.8 Å². The van der Waals surface area contributed by atoms with Crippen molar-refractivity contribution in [2.45, 2.75) is 26.7 Å². The lowest BCUT2D eigenvalue weighted by molar-refractivity contribution is -0.116. The van der Waals surface area contributed by atoms with Crippen LogP contribution in [0.4, 0.5) is 11.4 Å². The monoisotopic (exact) mass is 404 g/mol. The van der Waals surface area contributed by atoms with Crippen LogP contribution in [0.3, 0.4) is 0 Å². The number of carbonyl (C=O) groups excluding carboxylic acids is 2. The minimum absolute atomic E-state index is 0.0878. The zero-order valence-corrected chi connectivity index (χ0v) is 16.8. The highest BCUT2D eigenvalue weighted by atomic mass is 35.5. The molecule has 0 spiro atoms. The maximum atomic E-state index is 12.7. The second-order valence-electron chi connectivity index (χ2n) is 5.99. The summed E-state index contributed by atoms with van der Waals surface area (Å²) in [4.78, 5) is 24.5. The predicted molar refractivity (Wildman–Crippen MR) is 111 cm³/mol. The number of halogens is 1. The molecule has 2 aromatic rings. The predicted octanol–water partition coefficient (Wildman–Crippen LogP) is 4.75. The zero-order chi connectivity index (χ0) is 20.4. The number of para-hydroxylation sites is 1. The van der Waals surface area contributed by atoms with Gasteiger partial charge in [-0.3, -0.25) is 9.59 Å². The summed E-state index contributed by atoms with van der Waals surface area (Å²) in [5, 5.41) is 5.94. The van der Waals surface area contributed by atoms with Gasteiger partial charge in [0.1, 0.15) is 12.4 Å². The average molecular weight is 405 g/mol. The summed E-state index contributed by atoms with van der Waals surface area (Å²) in [5.74, 6) is 0.0179. The van der Waals surface area contributed by atoms with Crippen LogP contribution in [0.2, 0.25) is 5.02 Å². The minimum atomic E-state index is -0.356. The summed E-state index contributed by atoms with van der Waals surface area (Å²) in [7, 11) is 0. The maximum Gasteiger partial charge on any atom is 0.259 e. The highest BCUT2D eigenvalue weighted by Gasteiger charge is 2.14. The number of anilines is 2. The van der Waals surface area contributed by atoms with Crippen LogP contribution in [0, 0.1) is 0 Å². The molecule has 0 saturated heterocycles. The molecule has 0 aliphatic rings. The molecule has 0 atom stereocenters. The molecule has 2 amide bonds. The van der Waals surface area contributed by atoms with Crippen molar-refractivity contribution in [3.05, 3.63) is 53.1 Å². The van der Waals surface area contributed by atoms with Crippen molar-refractivity contribution in [2.24, 2.45) is 0 Å². The van der Waals surface area contributed by atoms with Crippen molar-refractivity contribution in [3.63, 3.8) is 0 Å². The average Bonchev–Trinajstić information content (AvgIpc) is 2.68. The molecule has 2 aromatic carbocycles. The summed E-state index contributed by atoms with van der Waals surface area (Å²) in [6.45, 7) is 5.23. The number of benzene rings is 2. The van der Waals surface area contributed by atoms with Crippen molar-refractivity contribution in [3.8, 4) is 5.75 Å². The Morgan fingerprint density at radius 3 is 2.57 bits per heavy atom. The van der Waals surface area contributed by atoms with E-state index in [9.17, 15) is 9.59 Å². The van der Waals surface area contributed by atoms with Crippen LogP contribution in [0.5, 0.6) is 5.75 Å². The number of nitrogens with one attached hydrogen (secondary N) is 2. The van der Waals surface area contributed by atoms with E-state index in [2.05, 4.69) is 10.6 Å². The van der Waals surface area contributed by atoms with E-state index in [0.29, 0.717) is 54.0 Å². The van der Waals surface area contributed by atoms with Crippen molar-refractivity contribution < 1.29 is 19.1 Å². The number of hydrogen-bond donors (Lipinski definition) is 2. The fraction of sp³-hybridized carbons (Fsp3) is 0.333. The van der Waals surface area contributed by atoms with E-state index in [1.54, 1.807) is 42.5 Å². The Balaban J connectivity index is 2.11. The molecule has 0 saturated carbocycles. The third-order valence-electron chi connectivity index (χ3n) is 3.80. The first-order valence-corrected chi connectivity index (χ1v) is 9.63. The summed E-state index contributed by atoms with van der Waals surface area (Å²) in [6.07, 6.45) is 1.18. The summed E-state index contributed by atoms with van der Waals surface area (Å²) in [6, 6.07) is 11.9. The molecule has 28 heavy (non-hydrogen) atoms. The molecule has 0 aliphatic carbocycles. The third-order valence-corrected chi connectivity index (χ3v) is 4.13. The SMILES string of the molecule is CCCC(=O)Nc1ccc(Cl)c(NC(=O)c2ccccc2OCCOCC)c1. The molecule has 0 bridgehead atoms. The van der Waals surface area contributed by atoms with E-state index < -0.39 is 0 Å². The Morgan fingerprint density at radius 2 is 1.82 bits per heavy atom. The molecule has 0 aliphatic heterocycles. The lowest BCUT2D eigenvalue weighted by atomic mass is 10.1. The molecule has 2 rings (SSSR count). The Bertz CT molecular complexity index is 811. The lowest BCUT2D eigenvalue weighted by Gasteiger charge is -2.13. The van der Waals surface area contributed by atoms with Gasteiger partial charge in [0, 0.05) is 18.7 Å². The maximum absolute atomic E-state index is 12.7. The van der Waals surface area contributed by atoms with Gasteiger partial charge >= 0.3 is 0 Å². The van der Waals surface area contributed by atoms with Gasteiger partial charge in [0.25, 0.3) is 5.91 Å². The molecule has 0 heterocycles. The molecule has 6 nitrogen and oxygen atoms in total.